The van der Waals surface area contributed by atoms with Gasteiger partial charge in [0.2, 0.25) is 10.0 Å². The maximum atomic E-state index is 10.5. The van der Waals surface area contributed by atoms with E-state index in [-0.39, 0.29) is 0 Å². The molecule has 0 saturated carbocycles. The number of furan rings is 1. The lowest BCUT2D eigenvalue weighted by atomic mass is 10.5. The van der Waals surface area contributed by atoms with Crippen LogP contribution in [0.25, 0.3) is 0 Å². The van der Waals surface area contributed by atoms with Crippen LogP contribution >= 0.6 is 0 Å². The number of hydrogen-bond donors (Lipinski definition) is 0. The highest BCUT2D eigenvalue weighted by molar-refractivity contribution is 7.89. The quantitative estimate of drug-likeness (QED) is 0.617. The van der Waals surface area contributed by atoms with Crippen molar-refractivity contribution in [1.29, 1.82) is 0 Å². The van der Waals surface area contributed by atoms with Gasteiger partial charge in [0.25, 0.3) is 0 Å². The van der Waals surface area contributed by atoms with Crippen molar-refractivity contribution in [3.05, 3.63) is 24.2 Å². The summed E-state index contributed by atoms with van der Waals surface area (Å²) in [6.45, 7) is 0. The fourth-order valence-electron chi connectivity index (χ4n) is 0.512. The molecule has 1 aromatic heterocycles. The van der Waals surface area contributed by atoms with Gasteiger partial charge in [0.05, 0.1) is 18.7 Å². The van der Waals surface area contributed by atoms with Crippen LogP contribution in [0.1, 0.15) is 5.76 Å². The molecule has 0 N–H and O–H groups in total. The van der Waals surface area contributed by atoms with E-state index in [9.17, 15) is 8.42 Å². The minimum absolute atomic E-state index is 0.426. The van der Waals surface area contributed by atoms with Crippen molar-refractivity contribution in [1.82, 2.24) is 0 Å². The molecule has 5 heteroatoms. The second-order valence-corrected chi connectivity index (χ2v) is 3.66. The van der Waals surface area contributed by atoms with Crippen molar-refractivity contribution in [3.8, 4) is 0 Å². The van der Waals surface area contributed by atoms with E-state index in [0.717, 1.165) is 12.5 Å². The Morgan fingerprint density at radius 2 is 2.36 bits per heavy atom. The van der Waals surface area contributed by atoms with Gasteiger partial charge in [0, 0.05) is 0 Å². The summed E-state index contributed by atoms with van der Waals surface area (Å²) >= 11 is 0. The summed E-state index contributed by atoms with van der Waals surface area (Å²) in [6, 6.07) is 3.28. The fourth-order valence-corrected chi connectivity index (χ4v) is 0.808. The molecule has 60 valence electrons. The SMILES string of the molecule is CS(=O)(=O)/N=C/c1ccco1. The minimum Gasteiger partial charge on any atom is -0.463 e. The first-order chi connectivity index (χ1) is 5.08. The van der Waals surface area contributed by atoms with Gasteiger partial charge >= 0.3 is 0 Å². The third-order valence-electron chi connectivity index (χ3n) is 0.915. The van der Waals surface area contributed by atoms with Crippen LogP contribution in [0, 0.1) is 0 Å². The average molecular weight is 173 g/mol. The van der Waals surface area contributed by atoms with E-state index in [4.69, 9.17) is 4.42 Å². The van der Waals surface area contributed by atoms with Gasteiger partial charge in [-0.2, -0.15) is 4.40 Å². The van der Waals surface area contributed by atoms with Gasteiger partial charge in [-0.15, -0.1) is 0 Å². The van der Waals surface area contributed by atoms with Gasteiger partial charge in [-0.1, -0.05) is 0 Å². The molecule has 0 amide bonds. The summed E-state index contributed by atoms with van der Waals surface area (Å²) < 4.78 is 29.0. The van der Waals surface area contributed by atoms with Crippen LogP contribution in [0.5, 0.6) is 0 Å². The van der Waals surface area contributed by atoms with Gasteiger partial charge in [0.15, 0.2) is 0 Å². The van der Waals surface area contributed by atoms with Crippen LogP contribution < -0.4 is 0 Å². The van der Waals surface area contributed by atoms with Gasteiger partial charge in [-0.25, -0.2) is 8.42 Å². The Hall–Kier alpha value is -1.10. The number of rotatable bonds is 2. The van der Waals surface area contributed by atoms with E-state index in [1.54, 1.807) is 12.1 Å². The molecule has 0 unspecified atom stereocenters. The third-order valence-corrected chi connectivity index (χ3v) is 1.40. The molecule has 0 radical (unpaired) electrons. The lowest BCUT2D eigenvalue weighted by molar-refractivity contribution is 0.560. The smallest absolute Gasteiger partial charge is 0.250 e. The van der Waals surface area contributed by atoms with Crippen LogP contribution in [-0.4, -0.2) is 20.9 Å². The molecule has 0 bridgehead atoms. The van der Waals surface area contributed by atoms with E-state index in [1.165, 1.54) is 6.26 Å². The summed E-state index contributed by atoms with van der Waals surface area (Å²) in [5.41, 5.74) is 0. The Bertz CT molecular complexity index is 336. The van der Waals surface area contributed by atoms with E-state index in [1.807, 2.05) is 0 Å². The predicted molar refractivity (Wildman–Crippen MR) is 41.1 cm³/mol. The van der Waals surface area contributed by atoms with Gasteiger partial charge in [0.1, 0.15) is 5.76 Å². The average Bonchev–Trinajstić information content (AvgIpc) is 2.32. The molecule has 1 heterocycles. The zero-order valence-electron chi connectivity index (χ0n) is 5.89. The largest absolute Gasteiger partial charge is 0.463 e. The third kappa shape index (κ3) is 2.99. The summed E-state index contributed by atoms with van der Waals surface area (Å²) in [4.78, 5) is 0. The van der Waals surface area contributed by atoms with Crippen molar-refractivity contribution in [3.63, 3.8) is 0 Å². The molecule has 0 saturated heterocycles. The van der Waals surface area contributed by atoms with Gasteiger partial charge < -0.3 is 4.42 Å². The lowest BCUT2D eigenvalue weighted by Gasteiger charge is -1.83. The Kier molecular flexibility index (Phi) is 2.09. The molecule has 1 rings (SSSR count). The fraction of sp³-hybridized carbons (Fsp3) is 0.167. The molecule has 0 fully saturated rings. The van der Waals surface area contributed by atoms with E-state index in [0.29, 0.717) is 5.76 Å². The van der Waals surface area contributed by atoms with Crippen molar-refractivity contribution in [2.24, 2.45) is 4.40 Å². The molecule has 1 aromatic rings. The predicted octanol–water partition coefficient (Wildman–Crippen LogP) is 0.658. The summed E-state index contributed by atoms with van der Waals surface area (Å²) in [7, 11) is -3.29. The Morgan fingerprint density at radius 1 is 1.64 bits per heavy atom. The first kappa shape index (κ1) is 8.00. The molecule has 0 spiro atoms. The standard InChI is InChI=1S/C6H7NO3S/c1-11(8,9)7-5-6-3-2-4-10-6/h2-5H,1H3/b7-5+. The maximum Gasteiger partial charge on any atom is 0.250 e. The van der Waals surface area contributed by atoms with Crippen LogP contribution in [0.15, 0.2) is 27.2 Å². The van der Waals surface area contributed by atoms with Crippen molar-refractivity contribution < 1.29 is 12.8 Å². The number of sulfonamides is 1. The zero-order valence-corrected chi connectivity index (χ0v) is 6.71. The Balaban J connectivity index is 2.79. The molecule has 0 aliphatic carbocycles. The number of hydrogen-bond acceptors (Lipinski definition) is 3. The normalized spacial score (nSPS) is 12.5. The van der Waals surface area contributed by atoms with Crippen molar-refractivity contribution >= 4 is 16.2 Å². The van der Waals surface area contributed by atoms with Crippen molar-refractivity contribution in [2.45, 2.75) is 0 Å². The highest BCUT2D eigenvalue weighted by Gasteiger charge is 1.94. The van der Waals surface area contributed by atoms with Gasteiger partial charge in [-0.3, -0.25) is 0 Å². The monoisotopic (exact) mass is 173 g/mol. The molecule has 11 heavy (non-hydrogen) atoms. The van der Waals surface area contributed by atoms with Crippen LogP contribution in [0.3, 0.4) is 0 Å². The molecule has 0 aliphatic heterocycles. The van der Waals surface area contributed by atoms with Crippen LogP contribution in [0.2, 0.25) is 0 Å². The zero-order chi connectivity index (χ0) is 8.32. The van der Waals surface area contributed by atoms with E-state index >= 15 is 0 Å². The number of nitrogens with zero attached hydrogens (tertiary/aromatic N) is 1. The molecule has 4 nitrogen and oxygen atoms in total. The molecule has 0 atom stereocenters. The highest BCUT2D eigenvalue weighted by atomic mass is 32.2. The minimum atomic E-state index is -3.29. The first-order valence-electron chi connectivity index (χ1n) is 2.87. The second kappa shape index (κ2) is 2.87. The maximum absolute atomic E-state index is 10.5. The first-order valence-corrected chi connectivity index (χ1v) is 4.71. The molecule has 0 aliphatic rings. The summed E-state index contributed by atoms with van der Waals surface area (Å²) in [5, 5.41) is 0. The summed E-state index contributed by atoms with van der Waals surface area (Å²) in [5.74, 6) is 0.426. The topological polar surface area (TPSA) is 59.6 Å². The van der Waals surface area contributed by atoms with E-state index in [2.05, 4.69) is 4.40 Å². The Morgan fingerprint density at radius 3 is 2.82 bits per heavy atom. The highest BCUT2D eigenvalue weighted by Crippen LogP contribution is 1.96. The van der Waals surface area contributed by atoms with Crippen LogP contribution in [-0.2, 0) is 10.0 Å². The molecular formula is C6H7NO3S. The second-order valence-electron chi connectivity index (χ2n) is 1.98. The van der Waals surface area contributed by atoms with E-state index < -0.39 is 10.0 Å². The van der Waals surface area contributed by atoms with Gasteiger partial charge in [-0.05, 0) is 12.1 Å². The summed E-state index contributed by atoms with van der Waals surface area (Å²) in [6.07, 6.45) is 3.63. The van der Waals surface area contributed by atoms with Crippen LogP contribution in [0.4, 0.5) is 0 Å². The lowest BCUT2D eigenvalue weighted by Crippen LogP contribution is -1.90. The Labute approximate surface area is 64.6 Å². The molecule has 0 aromatic carbocycles. The van der Waals surface area contributed by atoms with Crippen molar-refractivity contribution in [2.75, 3.05) is 6.26 Å². The molecular weight excluding hydrogens is 166 g/mol.